The average molecular weight is 531 g/mol. The molecule has 1 amide bonds. The number of nitrogens with zero attached hydrogens (tertiary/aromatic N) is 2. The first-order valence-electron chi connectivity index (χ1n) is 11.6. The van der Waals surface area contributed by atoms with Gasteiger partial charge in [0.25, 0.3) is 0 Å². The summed E-state index contributed by atoms with van der Waals surface area (Å²) >= 11 is 1.19. The maximum atomic E-state index is 13.2. The summed E-state index contributed by atoms with van der Waals surface area (Å²) in [5, 5.41) is 11.8. The first kappa shape index (κ1) is 26.1. The van der Waals surface area contributed by atoms with E-state index in [9.17, 15) is 13.2 Å². The summed E-state index contributed by atoms with van der Waals surface area (Å²) in [7, 11) is -3.93. The summed E-state index contributed by atoms with van der Waals surface area (Å²) in [5.74, 6) is 0.533. The van der Waals surface area contributed by atoms with E-state index in [1.54, 1.807) is 36.4 Å². The van der Waals surface area contributed by atoms with Crippen LogP contribution in [0, 0.1) is 5.92 Å². The van der Waals surface area contributed by atoms with Crippen molar-refractivity contribution in [2.24, 2.45) is 5.92 Å². The van der Waals surface area contributed by atoms with Crippen LogP contribution < -0.4 is 19.5 Å². The van der Waals surface area contributed by atoms with Crippen LogP contribution in [0.15, 0.2) is 47.4 Å². The fraction of sp³-hybridized carbons (Fsp3) is 0.400. The molecule has 3 aromatic rings. The number of benzene rings is 2. The van der Waals surface area contributed by atoms with Crippen molar-refractivity contribution in [2.45, 2.75) is 57.4 Å². The number of hydrogen-bond acceptors (Lipinski definition) is 8. The normalized spacial score (nSPS) is 14.9. The van der Waals surface area contributed by atoms with Crippen molar-refractivity contribution in [3.63, 3.8) is 0 Å². The Balaban J connectivity index is 1.50. The highest BCUT2D eigenvalue weighted by Gasteiger charge is 2.31. The number of amides is 1. The number of sulfonamides is 1. The van der Waals surface area contributed by atoms with Crippen molar-refractivity contribution in [1.29, 1.82) is 0 Å². The van der Waals surface area contributed by atoms with E-state index in [-0.39, 0.29) is 28.2 Å². The summed E-state index contributed by atoms with van der Waals surface area (Å²) in [6.45, 7) is 10.1. The molecule has 0 bridgehead atoms. The van der Waals surface area contributed by atoms with Gasteiger partial charge in [0.05, 0.1) is 4.90 Å². The highest BCUT2D eigenvalue weighted by atomic mass is 32.2. The third-order valence-corrected chi connectivity index (χ3v) is 8.43. The Hall–Kier alpha value is -3.02. The van der Waals surface area contributed by atoms with Gasteiger partial charge in [-0.3, -0.25) is 10.1 Å². The third-order valence-electron chi connectivity index (χ3n) is 6.08. The molecule has 0 saturated carbocycles. The molecule has 1 aliphatic rings. The van der Waals surface area contributed by atoms with Gasteiger partial charge < -0.3 is 9.47 Å². The molecule has 0 saturated heterocycles. The van der Waals surface area contributed by atoms with Crippen molar-refractivity contribution in [3.8, 4) is 22.1 Å². The van der Waals surface area contributed by atoms with Crippen molar-refractivity contribution < 1.29 is 22.7 Å². The Bertz CT molecular complexity index is 1350. The van der Waals surface area contributed by atoms with Gasteiger partial charge in [-0.05, 0) is 47.2 Å². The number of ether oxygens (including phenoxy) is 2. The van der Waals surface area contributed by atoms with E-state index in [0.29, 0.717) is 22.9 Å². The Labute approximate surface area is 215 Å². The smallest absolute Gasteiger partial charge is 0.244 e. The number of rotatable bonds is 8. The van der Waals surface area contributed by atoms with E-state index in [0.717, 1.165) is 11.1 Å². The molecule has 2 heterocycles. The van der Waals surface area contributed by atoms with Gasteiger partial charge in [0, 0.05) is 5.56 Å². The number of fused-ring (bicyclic) bond motifs is 1. The fourth-order valence-corrected chi connectivity index (χ4v) is 5.68. The molecule has 0 radical (unpaired) electrons. The molecular weight excluding hydrogens is 500 g/mol. The lowest BCUT2D eigenvalue weighted by Crippen LogP contribution is -2.47. The van der Waals surface area contributed by atoms with Gasteiger partial charge in [-0.1, -0.05) is 64.5 Å². The monoisotopic (exact) mass is 530 g/mol. The molecule has 192 valence electrons. The number of anilines is 1. The summed E-state index contributed by atoms with van der Waals surface area (Å²) < 4.78 is 39.6. The highest BCUT2D eigenvalue weighted by molar-refractivity contribution is 7.89. The molecule has 0 fully saturated rings. The Morgan fingerprint density at radius 2 is 1.78 bits per heavy atom. The van der Waals surface area contributed by atoms with E-state index >= 15 is 0 Å². The molecule has 0 spiro atoms. The SMILES string of the molecule is CCC(C)C(NS(=O)(=O)c1ccc(C(C)(C)C)cc1)C(=O)Nc1nnc(-c2ccc3c(c2)OCO3)s1. The fourth-order valence-electron chi connectivity index (χ4n) is 3.64. The number of hydrogen-bond donors (Lipinski definition) is 2. The van der Waals surface area contributed by atoms with Gasteiger partial charge in [0.15, 0.2) is 11.5 Å². The van der Waals surface area contributed by atoms with Crippen LogP contribution in [0.2, 0.25) is 0 Å². The standard InChI is InChI=1S/C25H30N4O5S2/c1-6-15(2)21(29-36(31,32)18-10-8-17(9-11-18)25(3,4)5)22(30)26-24-28-27-23(35-24)16-7-12-19-20(13-16)34-14-33-19/h7-13,15,21,29H,6,14H2,1-5H3,(H,26,28,30). The van der Waals surface area contributed by atoms with Crippen molar-refractivity contribution in [3.05, 3.63) is 48.0 Å². The minimum Gasteiger partial charge on any atom is -0.454 e. The van der Waals surface area contributed by atoms with Gasteiger partial charge in [0.2, 0.25) is 27.9 Å². The Morgan fingerprint density at radius 1 is 1.08 bits per heavy atom. The topological polar surface area (TPSA) is 120 Å². The second-order valence-corrected chi connectivity index (χ2v) is 12.4. The predicted octanol–water partition coefficient (Wildman–Crippen LogP) is 4.56. The number of nitrogens with one attached hydrogen (secondary N) is 2. The third kappa shape index (κ3) is 5.69. The van der Waals surface area contributed by atoms with Gasteiger partial charge >= 0.3 is 0 Å². The van der Waals surface area contributed by atoms with Crippen molar-refractivity contribution in [1.82, 2.24) is 14.9 Å². The molecule has 2 N–H and O–H groups in total. The summed E-state index contributed by atoms with van der Waals surface area (Å²) in [6, 6.07) is 11.2. The van der Waals surface area contributed by atoms with Crippen LogP contribution in [0.4, 0.5) is 5.13 Å². The second-order valence-electron chi connectivity index (χ2n) is 9.73. The van der Waals surface area contributed by atoms with Crippen LogP contribution in [-0.4, -0.2) is 37.4 Å². The van der Waals surface area contributed by atoms with E-state index in [2.05, 4.69) is 41.0 Å². The summed E-state index contributed by atoms with van der Waals surface area (Å²) in [5.41, 5.74) is 1.69. The lowest BCUT2D eigenvalue weighted by molar-refractivity contribution is -0.118. The zero-order valence-electron chi connectivity index (χ0n) is 20.9. The van der Waals surface area contributed by atoms with Gasteiger partial charge in [-0.25, -0.2) is 8.42 Å². The van der Waals surface area contributed by atoms with Crippen LogP contribution in [0.5, 0.6) is 11.5 Å². The molecular formula is C25H30N4O5S2. The summed E-state index contributed by atoms with van der Waals surface area (Å²) in [4.78, 5) is 13.3. The molecule has 9 nitrogen and oxygen atoms in total. The van der Waals surface area contributed by atoms with E-state index in [1.807, 2.05) is 19.9 Å². The van der Waals surface area contributed by atoms with Crippen LogP contribution in [0.1, 0.15) is 46.6 Å². The van der Waals surface area contributed by atoms with Crippen LogP contribution in [0.25, 0.3) is 10.6 Å². The lowest BCUT2D eigenvalue weighted by Gasteiger charge is -2.23. The maximum Gasteiger partial charge on any atom is 0.244 e. The molecule has 36 heavy (non-hydrogen) atoms. The first-order valence-corrected chi connectivity index (χ1v) is 13.9. The molecule has 1 aliphatic heterocycles. The van der Waals surface area contributed by atoms with E-state index < -0.39 is 22.0 Å². The zero-order valence-corrected chi connectivity index (χ0v) is 22.5. The minimum absolute atomic E-state index is 0.101. The van der Waals surface area contributed by atoms with Gasteiger partial charge in [-0.15, -0.1) is 10.2 Å². The predicted molar refractivity (Wildman–Crippen MR) is 139 cm³/mol. The van der Waals surface area contributed by atoms with Gasteiger partial charge in [0.1, 0.15) is 11.0 Å². The molecule has 11 heteroatoms. The number of carbonyl (C=O) groups excluding carboxylic acids is 1. The van der Waals surface area contributed by atoms with Crippen LogP contribution >= 0.6 is 11.3 Å². The highest BCUT2D eigenvalue weighted by Crippen LogP contribution is 2.37. The Kier molecular flexibility index (Phi) is 7.35. The van der Waals surface area contributed by atoms with E-state index in [4.69, 9.17) is 9.47 Å². The average Bonchev–Trinajstić information content (AvgIpc) is 3.50. The van der Waals surface area contributed by atoms with E-state index in [1.165, 1.54) is 11.3 Å². The van der Waals surface area contributed by atoms with Gasteiger partial charge in [-0.2, -0.15) is 4.72 Å². The van der Waals surface area contributed by atoms with Crippen molar-refractivity contribution in [2.75, 3.05) is 12.1 Å². The molecule has 0 aliphatic carbocycles. The molecule has 4 rings (SSSR count). The lowest BCUT2D eigenvalue weighted by atomic mass is 9.87. The van der Waals surface area contributed by atoms with Crippen LogP contribution in [-0.2, 0) is 20.2 Å². The molecule has 1 aromatic heterocycles. The zero-order chi connectivity index (χ0) is 26.1. The molecule has 2 atom stereocenters. The summed E-state index contributed by atoms with van der Waals surface area (Å²) in [6.07, 6.45) is 0.599. The van der Waals surface area contributed by atoms with Crippen molar-refractivity contribution >= 4 is 32.4 Å². The number of aromatic nitrogens is 2. The Morgan fingerprint density at radius 3 is 2.44 bits per heavy atom. The second kappa shape index (κ2) is 10.2. The molecule has 2 unspecified atom stereocenters. The maximum absolute atomic E-state index is 13.2. The quantitative estimate of drug-likeness (QED) is 0.438. The van der Waals surface area contributed by atoms with Crippen LogP contribution in [0.3, 0.4) is 0 Å². The first-order chi connectivity index (χ1) is 17.0. The molecule has 2 aromatic carbocycles. The number of carbonyl (C=O) groups is 1. The minimum atomic E-state index is -3.93. The largest absolute Gasteiger partial charge is 0.454 e.